The Bertz CT molecular complexity index is 312. The van der Waals surface area contributed by atoms with Gasteiger partial charge in [0.1, 0.15) is 0 Å². The highest BCUT2D eigenvalue weighted by Gasteiger charge is 2.05. The summed E-state index contributed by atoms with van der Waals surface area (Å²) in [4.78, 5) is 13.6. The normalized spacial score (nSPS) is 9.93. The van der Waals surface area contributed by atoms with Crippen molar-refractivity contribution in [2.24, 2.45) is 0 Å². The van der Waals surface area contributed by atoms with Crippen LogP contribution >= 0.6 is 27.7 Å². The van der Waals surface area contributed by atoms with Gasteiger partial charge in [0.05, 0.1) is 0 Å². The van der Waals surface area contributed by atoms with Gasteiger partial charge in [0.25, 0.3) is 4.82 Å². The fourth-order valence-corrected chi connectivity index (χ4v) is 1.90. The average molecular weight is 274 g/mol. The molecule has 1 amide bonds. The quantitative estimate of drug-likeness (QED) is 0.475. The number of thioether (sulfide) groups is 1. The summed E-state index contributed by atoms with van der Waals surface area (Å²) < 4.78 is 0. The van der Waals surface area contributed by atoms with Crippen LogP contribution in [0, 0.1) is 0 Å². The number of amides is 1. The minimum absolute atomic E-state index is 0.131. The van der Waals surface area contributed by atoms with E-state index < -0.39 is 0 Å². The first-order valence-electron chi connectivity index (χ1n) is 4.31. The predicted octanol–water partition coefficient (Wildman–Crippen LogP) is 3.75. The summed E-state index contributed by atoms with van der Waals surface area (Å²) in [6.07, 6.45) is 0. The van der Waals surface area contributed by atoms with Crippen molar-refractivity contribution in [2.45, 2.75) is 11.8 Å². The monoisotopic (exact) mass is 273 g/mol. The van der Waals surface area contributed by atoms with E-state index in [2.05, 4.69) is 22.9 Å². The van der Waals surface area contributed by atoms with Crippen molar-refractivity contribution < 1.29 is 4.79 Å². The van der Waals surface area contributed by atoms with Crippen LogP contribution in [0.25, 0.3) is 0 Å². The Hall–Kier alpha value is -0.480. The van der Waals surface area contributed by atoms with E-state index in [-0.39, 0.29) is 4.82 Å². The molecule has 0 aliphatic heterocycles. The number of halogens is 1. The highest BCUT2D eigenvalue weighted by atomic mass is 79.9. The zero-order chi connectivity index (χ0) is 10.6. The lowest BCUT2D eigenvalue weighted by molar-refractivity contribution is 0.267. The van der Waals surface area contributed by atoms with Crippen molar-refractivity contribution in [3.8, 4) is 0 Å². The number of carbonyl (C=O) groups is 1. The number of hydrogen-bond acceptors (Lipinski definition) is 2. The molecule has 1 aromatic rings. The molecule has 0 fully saturated rings. The van der Waals surface area contributed by atoms with E-state index in [0.29, 0.717) is 0 Å². The third-order valence-electron chi connectivity index (χ3n) is 1.80. The van der Waals surface area contributed by atoms with Crippen LogP contribution in [0.5, 0.6) is 0 Å². The molecule has 1 aromatic carbocycles. The lowest BCUT2D eigenvalue weighted by Crippen LogP contribution is -2.18. The van der Waals surface area contributed by atoms with E-state index in [1.54, 1.807) is 23.7 Å². The maximum absolute atomic E-state index is 11.0. The molecule has 0 atom stereocenters. The number of rotatable bonds is 3. The molecule has 1 rings (SSSR count). The highest BCUT2D eigenvalue weighted by Crippen LogP contribution is 2.22. The maximum Gasteiger partial charge on any atom is 0.293 e. The topological polar surface area (TPSA) is 20.3 Å². The predicted molar refractivity (Wildman–Crippen MR) is 65.6 cm³/mol. The fourth-order valence-electron chi connectivity index (χ4n) is 1.03. The third kappa shape index (κ3) is 3.03. The SMILES string of the molecule is CCSc1ccc(N(C)C(=O)Br)cc1. The lowest BCUT2D eigenvalue weighted by atomic mass is 10.3. The van der Waals surface area contributed by atoms with E-state index in [1.165, 1.54) is 4.90 Å². The third-order valence-corrected chi connectivity index (χ3v) is 3.22. The van der Waals surface area contributed by atoms with Gasteiger partial charge in [-0.1, -0.05) is 6.92 Å². The minimum atomic E-state index is -0.131. The fraction of sp³-hybridized carbons (Fsp3) is 0.300. The largest absolute Gasteiger partial charge is 0.306 e. The number of anilines is 1. The molecule has 0 heterocycles. The summed E-state index contributed by atoms with van der Waals surface area (Å²) in [6.45, 7) is 2.12. The zero-order valence-electron chi connectivity index (χ0n) is 8.16. The van der Waals surface area contributed by atoms with Crippen molar-refractivity contribution in [3.05, 3.63) is 24.3 Å². The molecule has 14 heavy (non-hydrogen) atoms. The van der Waals surface area contributed by atoms with Crippen LogP contribution in [-0.4, -0.2) is 17.6 Å². The second kappa shape index (κ2) is 5.41. The number of benzene rings is 1. The number of carbonyl (C=O) groups excluding carboxylic acids is 1. The zero-order valence-corrected chi connectivity index (χ0v) is 10.6. The van der Waals surface area contributed by atoms with Crippen molar-refractivity contribution in [3.63, 3.8) is 0 Å². The molecular weight excluding hydrogens is 262 g/mol. The highest BCUT2D eigenvalue weighted by molar-refractivity contribution is 9.18. The Balaban J connectivity index is 2.77. The van der Waals surface area contributed by atoms with E-state index in [0.717, 1.165) is 11.4 Å². The molecule has 0 aliphatic rings. The van der Waals surface area contributed by atoms with Gasteiger partial charge in [-0.15, -0.1) is 11.8 Å². The minimum Gasteiger partial charge on any atom is -0.306 e. The van der Waals surface area contributed by atoms with Crippen LogP contribution in [0.3, 0.4) is 0 Å². The molecule has 0 unspecified atom stereocenters. The van der Waals surface area contributed by atoms with E-state index in [4.69, 9.17) is 0 Å². The summed E-state index contributed by atoms with van der Waals surface area (Å²) in [5, 5.41) is 0. The summed E-state index contributed by atoms with van der Waals surface area (Å²) >= 11 is 4.70. The van der Waals surface area contributed by atoms with Crippen molar-refractivity contribution in [2.75, 3.05) is 17.7 Å². The Labute approximate surface area is 96.8 Å². The molecule has 0 bridgehead atoms. The number of hydrogen-bond donors (Lipinski definition) is 0. The Kier molecular flexibility index (Phi) is 4.48. The Morgan fingerprint density at radius 1 is 1.43 bits per heavy atom. The molecule has 0 aliphatic carbocycles. The van der Waals surface area contributed by atoms with Crippen molar-refractivity contribution in [1.29, 1.82) is 0 Å². The van der Waals surface area contributed by atoms with Gasteiger partial charge in [-0.3, -0.25) is 4.79 Å². The first kappa shape index (κ1) is 11.6. The Morgan fingerprint density at radius 2 is 2.00 bits per heavy atom. The Morgan fingerprint density at radius 3 is 2.43 bits per heavy atom. The van der Waals surface area contributed by atoms with Crippen molar-refractivity contribution >= 4 is 38.2 Å². The first-order valence-corrected chi connectivity index (χ1v) is 6.09. The van der Waals surface area contributed by atoms with Gasteiger partial charge in [0, 0.05) is 33.6 Å². The standard InChI is InChI=1S/C10H12BrNOS/c1-3-14-9-6-4-8(5-7-9)12(2)10(11)13/h4-7H,3H2,1-2H3. The van der Waals surface area contributed by atoms with Crippen LogP contribution in [0.15, 0.2) is 29.2 Å². The molecule has 2 nitrogen and oxygen atoms in total. The molecule has 0 saturated carbocycles. The van der Waals surface area contributed by atoms with Gasteiger partial charge in [-0.2, -0.15) is 0 Å². The van der Waals surface area contributed by atoms with Crippen LogP contribution in [0.2, 0.25) is 0 Å². The van der Waals surface area contributed by atoms with Crippen LogP contribution in [-0.2, 0) is 0 Å². The molecule has 0 saturated heterocycles. The van der Waals surface area contributed by atoms with Gasteiger partial charge in [-0.05, 0) is 30.0 Å². The summed E-state index contributed by atoms with van der Waals surface area (Å²) in [5.41, 5.74) is 0.896. The second-order valence-corrected chi connectivity index (χ2v) is 4.75. The van der Waals surface area contributed by atoms with Crippen LogP contribution < -0.4 is 4.90 Å². The molecule has 0 spiro atoms. The summed E-state index contributed by atoms with van der Waals surface area (Å²) in [6, 6.07) is 7.93. The van der Waals surface area contributed by atoms with Crippen LogP contribution in [0.1, 0.15) is 6.92 Å². The summed E-state index contributed by atoms with van der Waals surface area (Å²) in [7, 11) is 1.74. The molecule has 76 valence electrons. The second-order valence-electron chi connectivity index (χ2n) is 2.74. The average Bonchev–Trinajstić information content (AvgIpc) is 2.18. The summed E-state index contributed by atoms with van der Waals surface area (Å²) in [5.74, 6) is 1.06. The maximum atomic E-state index is 11.0. The molecule has 0 aromatic heterocycles. The smallest absolute Gasteiger partial charge is 0.293 e. The van der Waals surface area contributed by atoms with E-state index in [1.807, 2.05) is 24.3 Å². The van der Waals surface area contributed by atoms with Gasteiger partial charge in [-0.25, -0.2) is 0 Å². The molecule has 0 N–H and O–H groups in total. The van der Waals surface area contributed by atoms with Gasteiger partial charge < -0.3 is 4.90 Å². The van der Waals surface area contributed by atoms with Gasteiger partial charge in [0.15, 0.2) is 0 Å². The lowest BCUT2D eigenvalue weighted by Gasteiger charge is -2.13. The van der Waals surface area contributed by atoms with E-state index >= 15 is 0 Å². The number of nitrogens with zero attached hydrogens (tertiary/aromatic N) is 1. The van der Waals surface area contributed by atoms with Crippen molar-refractivity contribution in [1.82, 2.24) is 0 Å². The molecular formula is C10H12BrNOS. The van der Waals surface area contributed by atoms with E-state index in [9.17, 15) is 4.79 Å². The van der Waals surface area contributed by atoms with Crippen LogP contribution in [0.4, 0.5) is 10.5 Å². The molecule has 0 radical (unpaired) electrons. The van der Waals surface area contributed by atoms with Gasteiger partial charge >= 0.3 is 0 Å². The molecule has 4 heteroatoms. The van der Waals surface area contributed by atoms with Gasteiger partial charge in [0.2, 0.25) is 0 Å². The first-order chi connectivity index (χ1) is 6.65.